The number of aromatic nitrogens is 1. The topological polar surface area (TPSA) is 111 Å². The third-order valence-electron chi connectivity index (χ3n) is 8.24. The number of nitrogens with two attached hydrogens (primary N) is 2. The van der Waals surface area contributed by atoms with Gasteiger partial charge in [0.2, 0.25) is 11.8 Å². The highest BCUT2D eigenvalue weighted by Crippen LogP contribution is 2.83. The van der Waals surface area contributed by atoms with E-state index in [1.54, 1.807) is 6.20 Å². The first kappa shape index (κ1) is 18.1. The minimum Gasteiger partial charge on any atom is -0.369 e. The number of halogens is 1. The van der Waals surface area contributed by atoms with Crippen molar-refractivity contribution in [3.05, 3.63) is 15.0 Å². The zero-order valence-electron chi connectivity index (χ0n) is 15.2. The van der Waals surface area contributed by atoms with Gasteiger partial charge in [-0.05, 0) is 90.7 Å². The third-order valence-corrected chi connectivity index (χ3v) is 9.85. The molecule has 1 aromatic heterocycles. The molecule has 146 valence electrons. The summed E-state index contributed by atoms with van der Waals surface area (Å²) in [4.78, 5) is 31.3. The molecule has 2 heterocycles. The molecule has 3 saturated carbocycles. The fourth-order valence-corrected chi connectivity index (χ4v) is 9.07. The molecule has 1 saturated heterocycles. The number of amides is 2. The van der Waals surface area contributed by atoms with Crippen molar-refractivity contribution in [1.29, 1.82) is 0 Å². The molecule has 0 aromatic carbocycles. The zero-order chi connectivity index (χ0) is 19.0. The Morgan fingerprint density at radius 3 is 2.44 bits per heavy atom. The van der Waals surface area contributed by atoms with E-state index in [0.29, 0.717) is 11.6 Å². The molecule has 1 aromatic rings. The van der Waals surface area contributed by atoms with Crippen LogP contribution in [0.15, 0.2) is 9.98 Å². The highest BCUT2D eigenvalue weighted by Gasteiger charge is 2.86. The van der Waals surface area contributed by atoms with E-state index in [4.69, 9.17) is 11.5 Å². The van der Waals surface area contributed by atoms with Crippen molar-refractivity contribution in [2.45, 2.75) is 43.9 Å². The van der Waals surface area contributed by atoms with Crippen LogP contribution in [-0.2, 0) is 15.0 Å². The molecule has 1 aliphatic heterocycles. The average molecular weight is 453 g/mol. The fraction of sp³-hybridized carbons (Fsp3) is 0.737. The lowest BCUT2D eigenvalue weighted by Gasteiger charge is -2.53. The summed E-state index contributed by atoms with van der Waals surface area (Å²) in [7, 11) is 0. The minimum absolute atomic E-state index is 0.0201. The number of thiazole rings is 1. The summed E-state index contributed by atoms with van der Waals surface area (Å²) in [5, 5.41) is 4.13. The van der Waals surface area contributed by atoms with Gasteiger partial charge < -0.3 is 16.8 Å². The zero-order valence-corrected chi connectivity index (χ0v) is 17.6. The maximum Gasteiger partial charge on any atom is 0.231 e. The van der Waals surface area contributed by atoms with Crippen LogP contribution in [0.4, 0.5) is 0 Å². The van der Waals surface area contributed by atoms with E-state index in [2.05, 4.69) is 26.2 Å². The van der Waals surface area contributed by atoms with Crippen molar-refractivity contribution in [2.75, 3.05) is 13.1 Å². The molecule has 4 aliphatic rings. The normalized spacial score (nSPS) is 41.7. The van der Waals surface area contributed by atoms with Crippen molar-refractivity contribution < 1.29 is 9.59 Å². The molecule has 5 rings (SSSR count). The lowest BCUT2D eigenvalue weighted by Crippen LogP contribution is -2.67. The smallest absolute Gasteiger partial charge is 0.231 e. The van der Waals surface area contributed by atoms with Crippen LogP contribution in [-0.4, -0.2) is 29.9 Å². The van der Waals surface area contributed by atoms with Gasteiger partial charge in [0.05, 0.1) is 15.4 Å². The second-order valence-corrected chi connectivity index (χ2v) is 11.2. The number of rotatable bonds is 4. The van der Waals surface area contributed by atoms with Crippen LogP contribution in [0, 0.1) is 28.6 Å². The summed E-state index contributed by atoms with van der Waals surface area (Å²) >= 11 is 4.94. The van der Waals surface area contributed by atoms with Gasteiger partial charge in [-0.15, -0.1) is 11.3 Å². The molecule has 1 unspecified atom stereocenters. The Hall–Kier alpha value is -0.990. The van der Waals surface area contributed by atoms with Crippen LogP contribution < -0.4 is 16.8 Å². The Morgan fingerprint density at radius 1 is 1.19 bits per heavy atom. The lowest BCUT2D eigenvalue weighted by atomic mass is 9.49. The molecule has 4 fully saturated rings. The van der Waals surface area contributed by atoms with Crippen LogP contribution in [0.2, 0.25) is 0 Å². The highest BCUT2D eigenvalue weighted by molar-refractivity contribution is 9.11. The Morgan fingerprint density at radius 2 is 1.93 bits per heavy atom. The summed E-state index contributed by atoms with van der Waals surface area (Å²) in [5.41, 5.74) is 10.5. The molecule has 8 heteroatoms. The molecule has 3 aliphatic carbocycles. The monoisotopic (exact) mass is 452 g/mol. The maximum atomic E-state index is 13.4. The van der Waals surface area contributed by atoms with Crippen molar-refractivity contribution in [3.63, 3.8) is 0 Å². The predicted molar refractivity (Wildman–Crippen MR) is 106 cm³/mol. The van der Waals surface area contributed by atoms with E-state index in [-0.39, 0.29) is 29.1 Å². The first-order valence-corrected chi connectivity index (χ1v) is 11.5. The number of nitrogens with zero attached hydrogens (tertiary/aromatic N) is 1. The standard InChI is InChI=1S/C19H25BrN4O2S/c20-13-9-24-16(27-13)19(15(22)26)12-4-3-11(17(12)5-6-17)18(19,14(21)25)10-2-1-7-23-8-10/h9-12,23H,1-8H2,(H2,21,25)(H2,22,26)/t10?,11-,12+,18-,19-/m1/s1. The van der Waals surface area contributed by atoms with Crippen molar-refractivity contribution >= 4 is 39.1 Å². The van der Waals surface area contributed by atoms with Gasteiger partial charge in [0.25, 0.3) is 0 Å². The quantitative estimate of drug-likeness (QED) is 0.647. The van der Waals surface area contributed by atoms with Crippen LogP contribution in [0.1, 0.15) is 43.5 Å². The number of nitrogens with one attached hydrogen (secondary N) is 1. The Bertz CT molecular complexity index is 818. The molecule has 5 N–H and O–H groups in total. The largest absolute Gasteiger partial charge is 0.369 e. The SMILES string of the molecule is NC(=O)[C@@]1(c2ncc(Br)s2)[C@H]2CC[C@H](C23CC3)[C@@]1(C(N)=O)C1CCCNC1. The number of carbonyl (C=O) groups excluding carboxylic acids is 2. The molecule has 27 heavy (non-hydrogen) atoms. The fourth-order valence-electron chi connectivity index (χ4n) is 7.54. The number of primary amides is 2. The molecular formula is C19H25BrN4O2S. The van der Waals surface area contributed by atoms with Gasteiger partial charge in [-0.2, -0.15) is 0 Å². The van der Waals surface area contributed by atoms with Gasteiger partial charge in [-0.3, -0.25) is 9.59 Å². The van der Waals surface area contributed by atoms with E-state index < -0.39 is 16.7 Å². The minimum atomic E-state index is -1.08. The molecule has 0 radical (unpaired) electrons. The van der Waals surface area contributed by atoms with Crippen LogP contribution in [0.3, 0.4) is 0 Å². The van der Waals surface area contributed by atoms with Gasteiger partial charge in [0, 0.05) is 0 Å². The predicted octanol–water partition coefficient (Wildman–Crippen LogP) is 1.92. The number of hydrogen-bond donors (Lipinski definition) is 3. The molecule has 6 nitrogen and oxygen atoms in total. The van der Waals surface area contributed by atoms with Crippen molar-refractivity contribution in [2.24, 2.45) is 40.1 Å². The highest BCUT2D eigenvalue weighted by atomic mass is 79.9. The van der Waals surface area contributed by atoms with Crippen LogP contribution in [0.25, 0.3) is 0 Å². The van der Waals surface area contributed by atoms with E-state index in [1.807, 2.05) is 0 Å². The molecular weight excluding hydrogens is 428 g/mol. The second-order valence-electron chi connectivity index (χ2n) is 8.83. The third kappa shape index (κ3) is 1.92. The van der Waals surface area contributed by atoms with E-state index in [0.717, 1.165) is 48.9 Å². The average Bonchev–Trinajstić information content (AvgIpc) is 3.12. The number of hydrogen-bond acceptors (Lipinski definition) is 5. The van der Waals surface area contributed by atoms with E-state index in [9.17, 15) is 9.59 Å². The van der Waals surface area contributed by atoms with Crippen molar-refractivity contribution in [3.8, 4) is 0 Å². The van der Waals surface area contributed by atoms with E-state index in [1.165, 1.54) is 11.3 Å². The Kier molecular flexibility index (Phi) is 3.86. The first-order valence-electron chi connectivity index (χ1n) is 9.84. The summed E-state index contributed by atoms with van der Waals surface area (Å²) in [6.07, 6.45) is 7.64. The number of piperidine rings is 1. The molecule has 1 spiro atoms. The van der Waals surface area contributed by atoms with E-state index >= 15 is 0 Å². The van der Waals surface area contributed by atoms with Gasteiger partial charge in [-0.25, -0.2) is 4.98 Å². The van der Waals surface area contributed by atoms with Gasteiger partial charge >= 0.3 is 0 Å². The Labute approximate surface area is 171 Å². The second kappa shape index (κ2) is 5.76. The first-order chi connectivity index (χ1) is 12.9. The van der Waals surface area contributed by atoms with Crippen molar-refractivity contribution in [1.82, 2.24) is 10.3 Å². The van der Waals surface area contributed by atoms with Gasteiger partial charge in [-0.1, -0.05) is 0 Å². The lowest BCUT2D eigenvalue weighted by molar-refractivity contribution is -0.153. The van der Waals surface area contributed by atoms with Gasteiger partial charge in [0.15, 0.2) is 0 Å². The molecule has 5 atom stereocenters. The van der Waals surface area contributed by atoms with Crippen LogP contribution in [0.5, 0.6) is 0 Å². The Balaban J connectivity index is 1.82. The summed E-state index contributed by atoms with van der Waals surface area (Å²) in [6, 6.07) is 0. The summed E-state index contributed by atoms with van der Waals surface area (Å²) in [5.74, 6) is -0.536. The molecule has 2 amide bonds. The summed E-state index contributed by atoms with van der Waals surface area (Å²) in [6.45, 7) is 1.65. The van der Waals surface area contributed by atoms with Gasteiger partial charge in [0.1, 0.15) is 10.4 Å². The number of carbonyl (C=O) groups is 2. The maximum absolute atomic E-state index is 13.4. The summed E-state index contributed by atoms with van der Waals surface area (Å²) < 4.78 is 0.853. The molecule has 2 bridgehead atoms. The van der Waals surface area contributed by atoms with Crippen LogP contribution >= 0.6 is 27.3 Å².